The van der Waals surface area contributed by atoms with Gasteiger partial charge in [-0.25, -0.2) is 9.18 Å². The van der Waals surface area contributed by atoms with Crippen LogP contribution in [0.15, 0.2) is 48.8 Å². The lowest BCUT2D eigenvalue weighted by Gasteiger charge is -2.17. The van der Waals surface area contributed by atoms with Crippen molar-refractivity contribution in [3.63, 3.8) is 0 Å². The Hall–Kier alpha value is -2.99. The van der Waals surface area contributed by atoms with Crippen LogP contribution in [-0.4, -0.2) is 22.9 Å². The van der Waals surface area contributed by atoms with Gasteiger partial charge in [-0.1, -0.05) is 24.3 Å². The van der Waals surface area contributed by atoms with Crippen molar-refractivity contribution in [3.05, 3.63) is 88.0 Å². The van der Waals surface area contributed by atoms with Gasteiger partial charge in [-0.15, -0.1) is 0 Å². The van der Waals surface area contributed by atoms with Gasteiger partial charge in [0.05, 0.1) is 31.6 Å². The number of aromatic nitrogens is 2. The number of ether oxygens (including phenoxy) is 2. The lowest BCUT2D eigenvalue weighted by molar-refractivity contribution is 0.0600. The lowest BCUT2D eigenvalue weighted by atomic mass is 9.84. The third kappa shape index (κ3) is 2.19. The standard InChI is InChI=1S/C20H15FN2O3/c1-25-20(24)12-3-5-15-17(7-12)19-16-6-11(2-4-14(16)18(15)26-19)9-23-10-13(21)8-22-23/h2-8,10,18-19H,9H2,1H3/t18-,19+/m0/s1. The van der Waals surface area contributed by atoms with Crippen LogP contribution < -0.4 is 0 Å². The second-order valence-corrected chi connectivity index (χ2v) is 6.55. The zero-order chi connectivity index (χ0) is 17.8. The number of carbonyl (C=O) groups is 1. The molecular formula is C20H15FN2O3. The number of benzene rings is 2. The molecule has 2 atom stereocenters. The Kier molecular flexibility index (Phi) is 3.24. The van der Waals surface area contributed by atoms with Gasteiger partial charge in [-0.2, -0.15) is 5.10 Å². The number of fused-ring (bicyclic) bond motifs is 8. The molecular weight excluding hydrogens is 335 g/mol. The van der Waals surface area contributed by atoms with Gasteiger partial charge in [-0.05, 0) is 39.9 Å². The van der Waals surface area contributed by atoms with Gasteiger partial charge in [-0.3, -0.25) is 4.68 Å². The fourth-order valence-corrected chi connectivity index (χ4v) is 3.85. The van der Waals surface area contributed by atoms with Gasteiger partial charge in [0.25, 0.3) is 0 Å². The molecule has 0 spiro atoms. The van der Waals surface area contributed by atoms with Gasteiger partial charge in [0.2, 0.25) is 0 Å². The van der Waals surface area contributed by atoms with E-state index in [0.717, 1.165) is 27.8 Å². The molecule has 0 unspecified atom stereocenters. The van der Waals surface area contributed by atoms with E-state index >= 15 is 0 Å². The maximum Gasteiger partial charge on any atom is 0.337 e. The highest BCUT2D eigenvalue weighted by Gasteiger charge is 2.43. The van der Waals surface area contributed by atoms with Crippen molar-refractivity contribution in [2.24, 2.45) is 0 Å². The molecule has 130 valence electrons. The van der Waals surface area contributed by atoms with Crippen LogP contribution in [0, 0.1) is 5.82 Å². The Labute approximate surface area is 149 Å². The fourth-order valence-electron chi connectivity index (χ4n) is 3.85. The summed E-state index contributed by atoms with van der Waals surface area (Å²) in [6.07, 6.45) is 2.27. The van der Waals surface area contributed by atoms with Gasteiger partial charge in [0.1, 0.15) is 12.2 Å². The Morgan fingerprint density at radius 3 is 2.62 bits per heavy atom. The SMILES string of the molecule is COC(=O)c1ccc2c(c1)[C@@H]1O[C@H]2c2ccc(Cn3cc(F)cn3)cc21. The largest absolute Gasteiger partial charge is 0.465 e. The second-order valence-electron chi connectivity index (χ2n) is 6.55. The van der Waals surface area contributed by atoms with Gasteiger partial charge in [0, 0.05) is 0 Å². The van der Waals surface area contributed by atoms with Crippen LogP contribution in [-0.2, 0) is 16.0 Å². The van der Waals surface area contributed by atoms with E-state index in [2.05, 4.69) is 17.2 Å². The highest BCUT2D eigenvalue weighted by Crippen LogP contribution is 2.54. The summed E-state index contributed by atoms with van der Waals surface area (Å²) in [5, 5.41) is 3.99. The van der Waals surface area contributed by atoms with Gasteiger partial charge in [0.15, 0.2) is 5.82 Å². The molecule has 0 saturated heterocycles. The molecule has 0 aliphatic carbocycles. The van der Waals surface area contributed by atoms with Crippen LogP contribution in [0.2, 0.25) is 0 Å². The second kappa shape index (κ2) is 5.51. The molecule has 6 heteroatoms. The number of hydrogen-bond acceptors (Lipinski definition) is 4. The molecule has 0 fully saturated rings. The monoisotopic (exact) mass is 350 g/mol. The first-order valence-electron chi connectivity index (χ1n) is 8.32. The van der Waals surface area contributed by atoms with Crippen molar-refractivity contribution in [1.29, 1.82) is 0 Å². The van der Waals surface area contributed by atoms with Crippen molar-refractivity contribution in [1.82, 2.24) is 9.78 Å². The third-order valence-electron chi connectivity index (χ3n) is 5.01. The van der Waals surface area contributed by atoms with E-state index in [4.69, 9.17) is 9.47 Å². The minimum atomic E-state index is -0.356. The first kappa shape index (κ1) is 15.3. The summed E-state index contributed by atoms with van der Waals surface area (Å²) < 4.78 is 25.7. The number of hydrogen-bond donors (Lipinski definition) is 0. The average molecular weight is 350 g/mol. The first-order chi connectivity index (χ1) is 12.6. The molecule has 0 amide bonds. The van der Waals surface area contributed by atoms with Gasteiger partial charge < -0.3 is 9.47 Å². The number of methoxy groups -OCH3 is 1. The normalized spacial score (nSPS) is 19.3. The number of rotatable bonds is 3. The van der Waals surface area contributed by atoms with E-state index in [1.165, 1.54) is 19.5 Å². The molecule has 2 aliphatic heterocycles. The highest BCUT2D eigenvalue weighted by molar-refractivity contribution is 5.90. The molecule has 5 nitrogen and oxygen atoms in total. The predicted molar refractivity (Wildman–Crippen MR) is 90.3 cm³/mol. The molecule has 2 bridgehead atoms. The van der Waals surface area contributed by atoms with Crippen molar-refractivity contribution < 1.29 is 18.7 Å². The van der Waals surface area contributed by atoms with Crippen molar-refractivity contribution in [2.45, 2.75) is 18.8 Å². The molecule has 0 saturated carbocycles. The van der Waals surface area contributed by atoms with E-state index in [1.807, 2.05) is 18.2 Å². The van der Waals surface area contributed by atoms with Crippen LogP contribution in [0.1, 0.15) is 50.4 Å². The molecule has 0 N–H and O–H groups in total. The molecule has 2 aliphatic rings. The van der Waals surface area contributed by atoms with Crippen LogP contribution >= 0.6 is 0 Å². The lowest BCUT2D eigenvalue weighted by Crippen LogP contribution is -2.08. The summed E-state index contributed by atoms with van der Waals surface area (Å²) in [6, 6.07) is 11.7. The molecule has 3 aromatic rings. The maximum absolute atomic E-state index is 13.1. The van der Waals surface area contributed by atoms with Crippen molar-refractivity contribution >= 4 is 5.97 Å². The third-order valence-corrected chi connectivity index (χ3v) is 5.01. The fraction of sp³-hybridized carbons (Fsp3) is 0.200. The minimum absolute atomic E-state index is 0.104. The Bertz CT molecular complexity index is 1040. The first-order valence-corrected chi connectivity index (χ1v) is 8.32. The van der Waals surface area contributed by atoms with E-state index in [1.54, 1.807) is 10.7 Å². The Morgan fingerprint density at radius 1 is 1.15 bits per heavy atom. The summed E-state index contributed by atoms with van der Waals surface area (Å²) in [5.74, 6) is -0.705. The predicted octanol–water partition coefficient (Wildman–Crippen LogP) is 3.38. The van der Waals surface area contributed by atoms with E-state index in [9.17, 15) is 9.18 Å². The zero-order valence-electron chi connectivity index (χ0n) is 14.0. The number of esters is 1. The molecule has 2 aromatic carbocycles. The van der Waals surface area contributed by atoms with Crippen molar-refractivity contribution in [3.8, 4) is 0 Å². The van der Waals surface area contributed by atoms with E-state index < -0.39 is 0 Å². The maximum atomic E-state index is 13.1. The average Bonchev–Trinajstić information content (AvgIpc) is 3.34. The van der Waals surface area contributed by atoms with Crippen LogP contribution in [0.5, 0.6) is 0 Å². The van der Waals surface area contributed by atoms with Crippen molar-refractivity contribution in [2.75, 3.05) is 7.11 Å². The molecule has 1 aromatic heterocycles. The topological polar surface area (TPSA) is 53.4 Å². The Balaban J connectivity index is 1.51. The number of halogens is 1. The summed E-state index contributed by atoms with van der Waals surface area (Å²) >= 11 is 0. The Morgan fingerprint density at radius 2 is 1.88 bits per heavy atom. The minimum Gasteiger partial charge on any atom is -0.465 e. The number of nitrogens with zero attached hydrogens (tertiary/aromatic N) is 2. The summed E-state index contributed by atoms with van der Waals surface area (Å²) in [6.45, 7) is 0.490. The van der Waals surface area contributed by atoms with E-state index in [0.29, 0.717) is 12.1 Å². The van der Waals surface area contributed by atoms with E-state index in [-0.39, 0.29) is 24.0 Å². The van der Waals surface area contributed by atoms with Gasteiger partial charge >= 0.3 is 5.97 Å². The molecule has 0 radical (unpaired) electrons. The number of carbonyl (C=O) groups excluding carboxylic acids is 1. The zero-order valence-corrected chi connectivity index (χ0v) is 14.0. The molecule has 3 heterocycles. The highest BCUT2D eigenvalue weighted by atomic mass is 19.1. The molecule has 5 rings (SSSR count). The van der Waals surface area contributed by atoms with Crippen LogP contribution in [0.4, 0.5) is 4.39 Å². The summed E-state index contributed by atoms with van der Waals surface area (Å²) in [4.78, 5) is 11.8. The molecule has 26 heavy (non-hydrogen) atoms. The van der Waals surface area contributed by atoms with Crippen LogP contribution in [0.25, 0.3) is 0 Å². The summed E-state index contributed by atoms with van der Waals surface area (Å²) in [5.41, 5.74) is 5.88. The summed E-state index contributed by atoms with van der Waals surface area (Å²) in [7, 11) is 1.37. The smallest absolute Gasteiger partial charge is 0.337 e. The quantitative estimate of drug-likeness (QED) is 0.680. The van der Waals surface area contributed by atoms with Crippen LogP contribution in [0.3, 0.4) is 0 Å².